The van der Waals surface area contributed by atoms with Gasteiger partial charge in [0, 0.05) is 19.8 Å². The fraction of sp³-hybridized carbons (Fsp3) is 1.00. The van der Waals surface area contributed by atoms with E-state index in [4.69, 9.17) is 9.47 Å². The van der Waals surface area contributed by atoms with Gasteiger partial charge in [0.1, 0.15) is 0 Å². The Morgan fingerprint density at radius 2 is 0.960 bits per heavy atom. The van der Waals surface area contributed by atoms with Crippen molar-refractivity contribution in [2.45, 2.75) is 117 Å². The van der Waals surface area contributed by atoms with Crippen LogP contribution in [0.4, 0.5) is 0 Å². The van der Waals surface area contributed by atoms with E-state index in [0.29, 0.717) is 13.2 Å². The van der Waals surface area contributed by atoms with Crippen LogP contribution in [0.2, 0.25) is 0 Å². The molecule has 25 heavy (non-hydrogen) atoms. The molecule has 3 heteroatoms. The van der Waals surface area contributed by atoms with Crippen LogP contribution in [0.1, 0.15) is 111 Å². The Morgan fingerprint density at radius 3 is 1.36 bits per heavy atom. The van der Waals surface area contributed by atoms with E-state index in [1.807, 2.05) is 13.8 Å². The van der Waals surface area contributed by atoms with E-state index in [9.17, 15) is 0 Å². The first-order valence-electron chi connectivity index (χ1n) is 11.3. The maximum absolute atomic E-state index is 5.52. The Balaban J connectivity index is 3.13. The lowest BCUT2D eigenvalue weighted by atomic mass is 10.0. The van der Waals surface area contributed by atoms with Crippen LogP contribution in [0.15, 0.2) is 0 Å². The van der Waals surface area contributed by atoms with Crippen LogP contribution in [0, 0.1) is 0 Å². The highest BCUT2D eigenvalue weighted by Crippen LogP contribution is 2.12. The Bertz CT molecular complexity index is 230. The van der Waals surface area contributed by atoms with Crippen LogP contribution >= 0.6 is 0 Å². The fourth-order valence-corrected chi connectivity index (χ4v) is 3.20. The molecule has 0 fully saturated rings. The van der Waals surface area contributed by atoms with E-state index in [1.54, 1.807) is 0 Å². The molecule has 0 radical (unpaired) electrons. The number of unbranched alkanes of at least 4 members (excludes halogenated alkanes) is 13. The van der Waals surface area contributed by atoms with Crippen LogP contribution in [-0.2, 0) is 9.47 Å². The molecule has 0 saturated carbocycles. The van der Waals surface area contributed by atoms with E-state index >= 15 is 0 Å². The van der Waals surface area contributed by atoms with Gasteiger partial charge in [-0.05, 0) is 26.8 Å². The van der Waals surface area contributed by atoms with Crippen molar-refractivity contribution in [3.63, 3.8) is 0 Å². The van der Waals surface area contributed by atoms with Crippen molar-refractivity contribution in [2.75, 3.05) is 26.3 Å². The highest BCUT2D eigenvalue weighted by Gasteiger charge is 2.06. The first-order valence-corrected chi connectivity index (χ1v) is 11.3. The molecule has 0 atom stereocenters. The van der Waals surface area contributed by atoms with Gasteiger partial charge >= 0.3 is 0 Å². The summed E-state index contributed by atoms with van der Waals surface area (Å²) in [6.07, 6.45) is 19.7. The quantitative estimate of drug-likeness (QED) is 0.189. The third-order valence-electron chi connectivity index (χ3n) is 4.72. The second-order valence-corrected chi connectivity index (χ2v) is 7.14. The molecule has 152 valence electrons. The summed E-state index contributed by atoms with van der Waals surface area (Å²) in [6, 6.07) is 0. The molecule has 0 aromatic rings. The molecule has 0 amide bonds. The third kappa shape index (κ3) is 20.0. The van der Waals surface area contributed by atoms with Crippen molar-refractivity contribution in [1.29, 1.82) is 0 Å². The Morgan fingerprint density at radius 1 is 0.560 bits per heavy atom. The molecule has 0 spiro atoms. The summed E-state index contributed by atoms with van der Waals surface area (Å²) in [5, 5.41) is 3.45. The van der Waals surface area contributed by atoms with Gasteiger partial charge in [-0.2, -0.15) is 0 Å². The monoisotopic (exact) mass is 357 g/mol. The Labute approximate surface area is 158 Å². The molecule has 0 bridgehead atoms. The molecule has 0 heterocycles. The summed E-state index contributed by atoms with van der Waals surface area (Å²) >= 11 is 0. The number of ether oxygens (including phenoxy) is 2. The van der Waals surface area contributed by atoms with E-state index < -0.39 is 0 Å². The lowest BCUT2D eigenvalue weighted by molar-refractivity contribution is -0.132. The molecule has 0 aromatic heterocycles. The van der Waals surface area contributed by atoms with Gasteiger partial charge in [-0.3, -0.25) is 0 Å². The zero-order valence-corrected chi connectivity index (χ0v) is 17.6. The second kappa shape index (κ2) is 21.9. The van der Waals surface area contributed by atoms with Gasteiger partial charge in [-0.1, -0.05) is 90.4 Å². The first-order chi connectivity index (χ1) is 12.3. The maximum atomic E-state index is 5.52. The van der Waals surface area contributed by atoms with Gasteiger partial charge in [0.15, 0.2) is 6.29 Å². The maximum Gasteiger partial charge on any atom is 0.169 e. The number of hydrogen-bond acceptors (Lipinski definition) is 3. The zero-order chi connectivity index (χ0) is 18.4. The van der Waals surface area contributed by atoms with E-state index in [2.05, 4.69) is 12.2 Å². The molecule has 1 N–H and O–H groups in total. The molecule has 0 aromatic carbocycles. The van der Waals surface area contributed by atoms with Crippen molar-refractivity contribution in [3.05, 3.63) is 0 Å². The number of rotatable bonds is 21. The SMILES string of the molecule is CCCCCCCCCCCCCCCCNCC(OCC)OCC. The third-order valence-corrected chi connectivity index (χ3v) is 4.72. The second-order valence-electron chi connectivity index (χ2n) is 7.14. The number of hydrogen-bond donors (Lipinski definition) is 1. The Hall–Kier alpha value is -0.120. The summed E-state index contributed by atoms with van der Waals surface area (Å²) < 4.78 is 11.0. The van der Waals surface area contributed by atoms with Crippen LogP contribution in [-0.4, -0.2) is 32.6 Å². The van der Waals surface area contributed by atoms with Crippen LogP contribution in [0.5, 0.6) is 0 Å². The first kappa shape index (κ1) is 24.9. The molecule has 0 saturated heterocycles. The minimum Gasteiger partial charge on any atom is -0.352 e. The van der Waals surface area contributed by atoms with Gasteiger partial charge in [0.25, 0.3) is 0 Å². The highest BCUT2D eigenvalue weighted by atomic mass is 16.7. The molecule has 0 aliphatic rings. The lowest BCUT2D eigenvalue weighted by Gasteiger charge is -2.17. The van der Waals surface area contributed by atoms with E-state index in [0.717, 1.165) is 13.1 Å². The molecule has 0 aliphatic carbocycles. The van der Waals surface area contributed by atoms with Crippen molar-refractivity contribution in [3.8, 4) is 0 Å². The number of nitrogens with one attached hydrogen (secondary N) is 1. The predicted molar refractivity (Wildman–Crippen MR) is 110 cm³/mol. The van der Waals surface area contributed by atoms with E-state index in [1.165, 1.54) is 89.9 Å². The average Bonchev–Trinajstić information content (AvgIpc) is 2.61. The summed E-state index contributed by atoms with van der Waals surface area (Å²) in [5.41, 5.74) is 0. The predicted octanol–water partition coefficient (Wildman–Crippen LogP) is 6.46. The van der Waals surface area contributed by atoms with Gasteiger partial charge < -0.3 is 14.8 Å². The molecule has 0 rings (SSSR count). The normalized spacial score (nSPS) is 11.5. The van der Waals surface area contributed by atoms with Crippen LogP contribution in [0.3, 0.4) is 0 Å². The molecule has 3 nitrogen and oxygen atoms in total. The van der Waals surface area contributed by atoms with Gasteiger partial charge in [0.2, 0.25) is 0 Å². The minimum absolute atomic E-state index is 0.0818. The molecular formula is C22H47NO2. The lowest BCUT2D eigenvalue weighted by Crippen LogP contribution is -2.32. The summed E-state index contributed by atoms with van der Waals surface area (Å²) in [7, 11) is 0. The summed E-state index contributed by atoms with van der Waals surface area (Å²) in [5.74, 6) is 0. The van der Waals surface area contributed by atoms with Crippen molar-refractivity contribution in [2.24, 2.45) is 0 Å². The zero-order valence-electron chi connectivity index (χ0n) is 17.6. The largest absolute Gasteiger partial charge is 0.352 e. The average molecular weight is 358 g/mol. The topological polar surface area (TPSA) is 30.5 Å². The molecular weight excluding hydrogens is 310 g/mol. The van der Waals surface area contributed by atoms with Gasteiger partial charge in [-0.15, -0.1) is 0 Å². The van der Waals surface area contributed by atoms with Crippen molar-refractivity contribution >= 4 is 0 Å². The highest BCUT2D eigenvalue weighted by molar-refractivity contribution is 4.54. The summed E-state index contributed by atoms with van der Waals surface area (Å²) in [4.78, 5) is 0. The van der Waals surface area contributed by atoms with E-state index in [-0.39, 0.29) is 6.29 Å². The van der Waals surface area contributed by atoms with Crippen molar-refractivity contribution in [1.82, 2.24) is 5.32 Å². The molecule has 0 aliphatic heterocycles. The van der Waals surface area contributed by atoms with Crippen LogP contribution < -0.4 is 5.32 Å². The summed E-state index contributed by atoms with van der Waals surface area (Å²) in [6.45, 7) is 9.63. The smallest absolute Gasteiger partial charge is 0.169 e. The minimum atomic E-state index is -0.0818. The molecule has 0 unspecified atom stereocenters. The standard InChI is InChI=1S/C22H47NO2/c1-4-7-8-9-10-11-12-13-14-15-16-17-18-19-20-23-21-22(24-5-2)25-6-3/h22-23H,4-21H2,1-3H3. The van der Waals surface area contributed by atoms with Gasteiger partial charge in [-0.25, -0.2) is 0 Å². The van der Waals surface area contributed by atoms with Crippen molar-refractivity contribution < 1.29 is 9.47 Å². The van der Waals surface area contributed by atoms with Gasteiger partial charge in [0.05, 0.1) is 0 Å². The fourth-order valence-electron chi connectivity index (χ4n) is 3.20. The van der Waals surface area contributed by atoms with Crippen LogP contribution in [0.25, 0.3) is 0 Å². The Kier molecular flexibility index (Phi) is 21.8.